The van der Waals surface area contributed by atoms with Crippen LogP contribution in [0.5, 0.6) is 5.75 Å². The monoisotopic (exact) mass is 298 g/mol. The van der Waals surface area contributed by atoms with Crippen LogP contribution in [0.15, 0.2) is 30.3 Å². The van der Waals surface area contributed by atoms with E-state index in [1.165, 1.54) is 19.2 Å². The van der Waals surface area contributed by atoms with Gasteiger partial charge in [-0.15, -0.1) is 0 Å². The van der Waals surface area contributed by atoms with E-state index in [1.807, 2.05) is 0 Å². The molecule has 2 aromatic rings. The van der Waals surface area contributed by atoms with Crippen molar-refractivity contribution in [3.63, 3.8) is 0 Å². The van der Waals surface area contributed by atoms with Crippen LogP contribution in [0.1, 0.15) is 31.8 Å². The number of nitrogens with two attached hydrogens (primary N) is 1. The first-order valence-electron chi connectivity index (χ1n) is 6.30. The van der Waals surface area contributed by atoms with Gasteiger partial charge in [-0.2, -0.15) is 0 Å². The van der Waals surface area contributed by atoms with Gasteiger partial charge in [-0.05, 0) is 0 Å². The van der Waals surface area contributed by atoms with Crippen molar-refractivity contribution in [1.82, 2.24) is 0 Å². The molecule has 0 atom stereocenters. The lowest BCUT2D eigenvalue weighted by Gasteiger charge is -2.20. The maximum Gasteiger partial charge on any atom is 0.285 e. The average molecular weight is 298 g/mol. The maximum atomic E-state index is 12.6. The van der Waals surface area contributed by atoms with Gasteiger partial charge in [0.2, 0.25) is 5.78 Å². The molecule has 1 aliphatic rings. The van der Waals surface area contributed by atoms with Crippen molar-refractivity contribution in [3.05, 3.63) is 62.7 Å². The highest BCUT2D eigenvalue weighted by Crippen LogP contribution is 2.41. The van der Waals surface area contributed by atoms with E-state index in [-0.39, 0.29) is 33.7 Å². The molecule has 2 N–H and O–H groups in total. The topological polar surface area (TPSA) is 113 Å². The number of benzene rings is 2. The van der Waals surface area contributed by atoms with Crippen molar-refractivity contribution in [2.45, 2.75) is 0 Å². The van der Waals surface area contributed by atoms with Gasteiger partial charge in [-0.25, -0.2) is 0 Å². The van der Waals surface area contributed by atoms with Crippen LogP contribution in [0, 0.1) is 10.1 Å². The van der Waals surface area contributed by atoms with Crippen LogP contribution in [-0.2, 0) is 0 Å². The third-order valence-electron chi connectivity index (χ3n) is 3.60. The fourth-order valence-electron chi connectivity index (χ4n) is 2.59. The number of hydrogen-bond acceptors (Lipinski definition) is 6. The fraction of sp³-hybridized carbons (Fsp3) is 0.0667. The number of nitro groups is 1. The Kier molecular flexibility index (Phi) is 2.91. The van der Waals surface area contributed by atoms with Gasteiger partial charge in [0.1, 0.15) is 11.3 Å². The van der Waals surface area contributed by atoms with E-state index in [4.69, 9.17) is 10.5 Å². The summed E-state index contributed by atoms with van der Waals surface area (Å²) in [5, 5.41) is 11.3. The van der Waals surface area contributed by atoms with Crippen LogP contribution < -0.4 is 10.5 Å². The van der Waals surface area contributed by atoms with E-state index in [9.17, 15) is 19.7 Å². The second-order valence-corrected chi connectivity index (χ2v) is 4.72. The van der Waals surface area contributed by atoms with Crippen LogP contribution in [0.3, 0.4) is 0 Å². The lowest BCUT2D eigenvalue weighted by molar-refractivity contribution is -0.385. The Morgan fingerprint density at radius 1 is 1.09 bits per heavy atom. The predicted molar refractivity (Wildman–Crippen MR) is 77.4 cm³/mol. The molecular weight excluding hydrogens is 288 g/mol. The number of fused-ring (bicyclic) bond motifs is 2. The molecule has 1 aliphatic carbocycles. The van der Waals surface area contributed by atoms with Crippen LogP contribution in [-0.4, -0.2) is 23.6 Å². The van der Waals surface area contributed by atoms with Crippen molar-refractivity contribution >= 4 is 22.9 Å². The number of anilines is 1. The minimum atomic E-state index is -0.722. The molecule has 0 aromatic heterocycles. The molecule has 0 aliphatic heterocycles. The number of ether oxygens (including phenoxy) is 1. The Labute approximate surface area is 124 Å². The number of methoxy groups -OCH3 is 1. The number of ketones is 2. The van der Waals surface area contributed by atoms with E-state index in [1.54, 1.807) is 12.1 Å². The second-order valence-electron chi connectivity index (χ2n) is 4.72. The summed E-state index contributed by atoms with van der Waals surface area (Å²) < 4.78 is 4.98. The highest BCUT2D eigenvalue weighted by Gasteiger charge is 2.38. The SMILES string of the molecule is COc1cc([N+](=O)[O-])c2c(c1N)C(=O)c1ccccc1C2=O. The molecule has 7 heteroatoms. The molecule has 0 amide bonds. The zero-order valence-electron chi connectivity index (χ0n) is 11.5. The Morgan fingerprint density at radius 2 is 1.64 bits per heavy atom. The Morgan fingerprint density at radius 3 is 2.14 bits per heavy atom. The number of nitrogen functional groups attached to an aromatic ring is 1. The van der Waals surface area contributed by atoms with Crippen LogP contribution in [0.2, 0.25) is 0 Å². The van der Waals surface area contributed by atoms with Crippen LogP contribution >= 0.6 is 0 Å². The quantitative estimate of drug-likeness (QED) is 0.439. The van der Waals surface area contributed by atoms with Crippen LogP contribution in [0.4, 0.5) is 11.4 Å². The standard InChI is InChI=1S/C15H10N2O5/c1-22-10-6-9(17(20)21)11-12(13(10)16)15(19)8-5-3-2-4-7(8)14(11)18/h2-6H,16H2,1H3. The number of rotatable bonds is 2. The maximum absolute atomic E-state index is 12.6. The Balaban J connectivity index is 2.44. The zero-order chi connectivity index (χ0) is 16.0. The largest absolute Gasteiger partial charge is 0.494 e. The Hall–Kier alpha value is -3.22. The highest BCUT2D eigenvalue weighted by molar-refractivity contribution is 6.31. The summed E-state index contributed by atoms with van der Waals surface area (Å²) in [6, 6.07) is 7.21. The van der Waals surface area contributed by atoms with Crippen molar-refractivity contribution in [2.75, 3.05) is 12.8 Å². The van der Waals surface area contributed by atoms with Gasteiger partial charge in [0.05, 0.1) is 29.4 Å². The van der Waals surface area contributed by atoms with Crippen molar-refractivity contribution in [2.24, 2.45) is 0 Å². The molecule has 0 saturated carbocycles. The third-order valence-corrected chi connectivity index (χ3v) is 3.60. The van der Waals surface area contributed by atoms with Gasteiger partial charge in [0.25, 0.3) is 5.69 Å². The lowest BCUT2D eigenvalue weighted by Crippen LogP contribution is -2.24. The molecule has 110 valence electrons. The molecule has 7 nitrogen and oxygen atoms in total. The average Bonchev–Trinajstić information content (AvgIpc) is 2.52. The van der Waals surface area contributed by atoms with E-state index in [0.717, 1.165) is 6.07 Å². The number of carbonyl (C=O) groups is 2. The first kappa shape index (κ1) is 13.7. The number of hydrogen-bond donors (Lipinski definition) is 1. The first-order chi connectivity index (χ1) is 10.5. The minimum Gasteiger partial charge on any atom is -0.494 e. The summed E-state index contributed by atoms with van der Waals surface area (Å²) in [4.78, 5) is 35.7. The summed E-state index contributed by atoms with van der Waals surface area (Å²) in [5.41, 5.74) is 5.16. The summed E-state index contributed by atoms with van der Waals surface area (Å²) in [5.74, 6) is -1.12. The van der Waals surface area contributed by atoms with E-state index < -0.39 is 22.2 Å². The van der Waals surface area contributed by atoms with Gasteiger partial charge in [-0.1, -0.05) is 24.3 Å². The summed E-state index contributed by atoms with van der Waals surface area (Å²) in [6.07, 6.45) is 0. The lowest BCUT2D eigenvalue weighted by atomic mass is 9.82. The van der Waals surface area contributed by atoms with Gasteiger partial charge in [0.15, 0.2) is 5.78 Å². The number of nitro benzene ring substituents is 1. The Bertz CT molecular complexity index is 857. The highest BCUT2D eigenvalue weighted by atomic mass is 16.6. The third kappa shape index (κ3) is 1.69. The molecule has 0 spiro atoms. The minimum absolute atomic E-state index is 0.00835. The normalized spacial score (nSPS) is 12.6. The second kappa shape index (κ2) is 4.66. The van der Waals surface area contributed by atoms with E-state index >= 15 is 0 Å². The molecule has 0 saturated heterocycles. The van der Waals surface area contributed by atoms with Crippen molar-refractivity contribution in [3.8, 4) is 5.75 Å². The van der Waals surface area contributed by atoms with Gasteiger partial charge in [0, 0.05) is 11.1 Å². The first-order valence-corrected chi connectivity index (χ1v) is 6.30. The molecule has 3 rings (SSSR count). The van der Waals surface area contributed by atoms with Crippen LogP contribution in [0.25, 0.3) is 0 Å². The molecule has 2 aromatic carbocycles. The summed E-state index contributed by atoms with van der Waals surface area (Å²) in [6.45, 7) is 0. The number of carbonyl (C=O) groups excluding carboxylic acids is 2. The molecule has 22 heavy (non-hydrogen) atoms. The fourth-order valence-corrected chi connectivity index (χ4v) is 2.59. The van der Waals surface area contributed by atoms with Crippen molar-refractivity contribution in [1.29, 1.82) is 0 Å². The predicted octanol–water partition coefficient (Wildman–Crippen LogP) is 1.96. The molecule has 0 radical (unpaired) electrons. The zero-order valence-corrected chi connectivity index (χ0v) is 11.5. The van der Waals surface area contributed by atoms with Crippen molar-refractivity contribution < 1.29 is 19.2 Å². The van der Waals surface area contributed by atoms with Gasteiger partial charge in [-0.3, -0.25) is 19.7 Å². The molecule has 0 fully saturated rings. The molecular formula is C15H10N2O5. The van der Waals surface area contributed by atoms with E-state index in [2.05, 4.69) is 0 Å². The summed E-state index contributed by atoms with van der Waals surface area (Å²) >= 11 is 0. The summed E-state index contributed by atoms with van der Waals surface area (Å²) in [7, 11) is 1.28. The smallest absolute Gasteiger partial charge is 0.285 e. The molecule has 0 bridgehead atoms. The number of nitrogens with zero attached hydrogens (tertiary/aromatic N) is 1. The van der Waals surface area contributed by atoms with E-state index in [0.29, 0.717) is 0 Å². The molecule has 0 heterocycles. The van der Waals surface area contributed by atoms with Gasteiger partial charge >= 0.3 is 0 Å². The van der Waals surface area contributed by atoms with Gasteiger partial charge < -0.3 is 10.5 Å². The molecule has 0 unspecified atom stereocenters.